The molecule has 0 heterocycles. The zero-order valence-electron chi connectivity index (χ0n) is 25.7. The van der Waals surface area contributed by atoms with Gasteiger partial charge >= 0.3 is 0 Å². The minimum atomic E-state index is -0.900. The molecule has 0 bridgehead atoms. The summed E-state index contributed by atoms with van der Waals surface area (Å²) >= 11 is 0. The molecule has 0 unspecified atom stereocenters. The summed E-state index contributed by atoms with van der Waals surface area (Å²) in [6, 6.07) is 48.1. The summed E-state index contributed by atoms with van der Waals surface area (Å²) in [7, 11) is 0. The molecule has 49 heavy (non-hydrogen) atoms. The van der Waals surface area contributed by atoms with Crippen LogP contribution in [-0.2, 0) is 5.41 Å². The molecule has 6 aromatic rings. The Morgan fingerprint density at radius 2 is 0.796 bits per heavy atom. The SMILES string of the molecule is N#Cc1ccc(Oc2ccc(C3(c4ccc(Oc5ccc(C#N)c(C#N)c5)cc4)c4ccccc4C(=O)c4ccccc43)cc2)cc1C#N. The van der Waals surface area contributed by atoms with Crippen LogP contribution < -0.4 is 9.47 Å². The standard InChI is InChI=1S/C42H22N4O3/c43-23-27-9-15-35(21-29(27)25-45)48-33-17-11-31(12-18-33)42(39-7-3-1-5-37(39)41(47)38-6-2-4-8-40(38)42)32-13-19-34(20-14-32)49-36-16-10-28(24-44)30(22-36)26-46/h1-22H. The third kappa shape index (κ3) is 5.11. The van der Waals surface area contributed by atoms with Crippen LogP contribution in [0.5, 0.6) is 23.0 Å². The number of hydrogen-bond acceptors (Lipinski definition) is 7. The Morgan fingerprint density at radius 1 is 0.429 bits per heavy atom. The molecule has 7 rings (SSSR count). The van der Waals surface area contributed by atoms with Crippen molar-refractivity contribution < 1.29 is 14.3 Å². The van der Waals surface area contributed by atoms with E-state index < -0.39 is 5.41 Å². The van der Waals surface area contributed by atoms with Crippen LogP contribution in [0.15, 0.2) is 133 Å². The van der Waals surface area contributed by atoms with Gasteiger partial charge in [0.2, 0.25) is 0 Å². The molecule has 1 aliphatic carbocycles. The Hall–Kier alpha value is -7.45. The second kappa shape index (κ2) is 12.4. The number of rotatable bonds is 6. The van der Waals surface area contributed by atoms with Crippen molar-refractivity contribution in [3.8, 4) is 47.3 Å². The first-order valence-corrected chi connectivity index (χ1v) is 15.2. The molecular weight excluding hydrogens is 608 g/mol. The van der Waals surface area contributed by atoms with Crippen LogP contribution in [0.2, 0.25) is 0 Å². The van der Waals surface area contributed by atoms with E-state index in [1.165, 1.54) is 12.1 Å². The van der Waals surface area contributed by atoms with Gasteiger partial charge in [0, 0.05) is 11.1 Å². The van der Waals surface area contributed by atoms with E-state index in [0.29, 0.717) is 34.1 Å². The molecule has 228 valence electrons. The highest BCUT2D eigenvalue weighted by molar-refractivity contribution is 6.14. The predicted octanol–water partition coefficient (Wildman–Crippen LogP) is 8.69. The first-order chi connectivity index (χ1) is 24.0. The third-order valence-electron chi connectivity index (χ3n) is 8.66. The van der Waals surface area contributed by atoms with Crippen LogP contribution in [0.25, 0.3) is 0 Å². The number of ketones is 1. The van der Waals surface area contributed by atoms with Crippen LogP contribution in [0.4, 0.5) is 0 Å². The van der Waals surface area contributed by atoms with E-state index in [0.717, 1.165) is 22.3 Å². The number of hydrogen-bond donors (Lipinski definition) is 0. The normalized spacial score (nSPS) is 12.2. The molecule has 0 amide bonds. The van der Waals surface area contributed by atoms with Gasteiger partial charge in [0.15, 0.2) is 5.78 Å². The molecule has 0 saturated carbocycles. The second-order valence-corrected chi connectivity index (χ2v) is 11.3. The summed E-state index contributed by atoms with van der Waals surface area (Å²) in [4.78, 5) is 13.8. The van der Waals surface area contributed by atoms with E-state index in [9.17, 15) is 25.8 Å². The first-order valence-electron chi connectivity index (χ1n) is 15.2. The number of nitriles is 4. The lowest BCUT2D eigenvalue weighted by molar-refractivity contribution is 0.103. The van der Waals surface area contributed by atoms with Crippen LogP contribution in [0.3, 0.4) is 0 Å². The van der Waals surface area contributed by atoms with E-state index in [4.69, 9.17) is 9.47 Å². The molecule has 0 aliphatic heterocycles. The van der Waals surface area contributed by atoms with Gasteiger partial charge in [-0.3, -0.25) is 4.79 Å². The van der Waals surface area contributed by atoms with Crippen molar-refractivity contribution in [2.45, 2.75) is 5.41 Å². The Balaban J connectivity index is 1.35. The molecule has 0 atom stereocenters. The second-order valence-electron chi connectivity index (χ2n) is 11.3. The lowest BCUT2D eigenvalue weighted by Gasteiger charge is -2.41. The summed E-state index contributed by atoms with van der Waals surface area (Å²) in [6.45, 7) is 0. The summed E-state index contributed by atoms with van der Waals surface area (Å²) in [5, 5.41) is 37.5. The van der Waals surface area contributed by atoms with E-state index in [1.807, 2.05) is 121 Å². The lowest BCUT2D eigenvalue weighted by Crippen LogP contribution is -2.38. The maximum Gasteiger partial charge on any atom is 0.193 e. The summed E-state index contributed by atoms with van der Waals surface area (Å²) in [5.74, 6) is 1.87. The molecule has 0 saturated heterocycles. The fraction of sp³-hybridized carbons (Fsp3) is 0.0238. The fourth-order valence-corrected chi connectivity index (χ4v) is 6.47. The molecule has 0 spiro atoms. The highest BCUT2D eigenvalue weighted by Gasteiger charge is 2.46. The van der Waals surface area contributed by atoms with Crippen molar-refractivity contribution in [3.05, 3.63) is 189 Å². The van der Waals surface area contributed by atoms with E-state index >= 15 is 0 Å². The van der Waals surface area contributed by atoms with Gasteiger partial charge in [0.25, 0.3) is 0 Å². The minimum absolute atomic E-state index is 0.0510. The van der Waals surface area contributed by atoms with Gasteiger partial charge in [0.05, 0.1) is 27.7 Å². The van der Waals surface area contributed by atoms with Crippen molar-refractivity contribution in [1.82, 2.24) is 0 Å². The van der Waals surface area contributed by atoms with E-state index in [1.54, 1.807) is 24.3 Å². The Morgan fingerprint density at radius 3 is 1.18 bits per heavy atom. The maximum absolute atomic E-state index is 13.8. The molecule has 0 aromatic heterocycles. The Bertz CT molecular complexity index is 2280. The average molecular weight is 631 g/mol. The molecule has 0 radical (unpaired) electrons. The average Bonchev–Trinajstić information content (AvgIpc) is 3.16. The summed E-state index contributed by atoms with van der Waals surface area (Å²) < 4.78 is 12.2. The highest BCUT2D eigenvalue weighted by Crippen LogP contribution is 2.51. The molecule has 7 heteroatoms. The van der Waals surface area contributed by atoms with E-state index in [-0.39, 0.29) is 28.0 Å². The summed E-state index contributed by atoms with van der Waals surface area (Å²) in [6.07, 6.45) is 0. The van der Waals surface area contributed by atoms with Crippen LogP contribution in [0, 0.1) is 45.3 Å². The van der Waals surface area contributed by atoms with Gasteiger partial charge < -0.3 is 9.47 Å². The molecule has 0 N–H and O–H groups in total. The van der Waals surface area contributed by atoms with Crippen molar-refractivity contribution in [3.63, 3.8) is 0 Å². The largest absolute Gasteiger partial charge is 0.457 e. The summed E-state index contributed by atoms with van der Waals surface area (Å²) in [5.41, 5.74) is 4.76. The lowest BCUT2D eigenvalue weighted by atomic mass is 9.59. The number of carbonyl (C=O) groups is 1. The number of carbonyl (C=O) groups excluding carboxylic acids is 1. The van der Waals surface area contributed by atoms with Gasteiger partial charge in [-0.15, -0.1) is 0 Å². The zero-order valence-corrected chi connectivity index (χ0v) is 25.7. The number of benzene rings is 6. The number of ether oxygens (including phenoxy) is 2. The predicted molar refractivity (Wildman–Crippen MR) is 180 cm³/mol. The molecular formula is C42H22N4O3. The van der Waals surface area contributed by atoms with Gasteiger partial charge in [-0.1, -0.05) is 72.8 Å². The van der Waals surface area contributed by atoms with Crippen molar-refractivity contribution in [2.24, 2.45) is 0 Å². The van der Waals surface area contributed by atoms with Gasteiger partial charge in [-0.25, -0.2) is 0 Å². The maximum atomic E-state index is 13.8. The van der Waals surface area contributed by atoms with Gasteiger partial charge in [-0.2, -0.15) is 21.0 Å². The fourth-order valence-electron chi connectivity index (χ4n) is 6.47. The van der Waals surface area contributed by atoms with E-state index in [2.05, 4.69) is 0 Å². The minimum Gasteiger partial charge on any atom is -0.457 e. The highest BCUT2D eigenvalue weighted by atomic mass is 16.5. The molecule has 6 aromatic carbocycles. The van der Waals surface area contributed by atoms with Crippen molar-refractivity contribution in [2.75, 3.05) is 0 Å². The third-order valence-corrected chi connectivity index (χ3v) is 8.66. The topological polar surface area (TPSA) is 131 Å². The Labute approximate surface area is 282 Å². The van der Waals surface area contributed by atoms with Gasteiger partial charge in [0.1, 0.15) is 47.3 Å². The molecule has 1 aliphatic rings. The number of fused-ring (bicyclic) bond motifs is 2. The van der Waals surface area contributed by atoms with Crippen LogP contribution in [0.1, 0.15) is 60.4 Å². The molecule has 7 nitrogen and oxygen atoms in total. The van der Waals surface area contributed by atoms with Crippen molar-refractivity contribution >= 4 is 5.78 Å². The van der Waals surface area contributed by atoms with Crippen molar-refractivity contribution in [1.29, 1.82) is 21.0 Å². The monoisotopic (exact) mass is 630 g/mol. The first kappa shape index (κ1) is 30.2. The van der Waals surface area contributed by atoms with Crippen LogP contribution in [-0.4, -0.2) is 5.78 Å². The molecule has 0 fully saturated rings. The Kier molecular flexibility index (Phi) is 7.64. The smallest absolute Gasteiger partial charge is 0.193 e. The number of nitrogens with zero attached hydrogens (tertiary/aromatic N) is 4. The van der Waals surface area contributed by atoms with Gasteiger partial charge in [-0.05, 0) is 82.9 Å². The quantitative estimate of drug-likeness (QED) is 0.180. The zero-order chi connectivity index (χ0) is 34.0. The van der Waals surface area contributed by atoms with Crippen LogP contribution >= 0.6 is 0 Å².